The quantitative estimate of drug-likeness (QED) is 0.223. The van der Waals surface area contributed by atoms with E-state index >= 15 is 0 Å². The summed E-state index contributed by atoms with van der Waals surface area (Å²) in [6.45, 7) is 2.46. The Kier molecular flexibility index (Phi) is 7.86. The topological polar surface area (TPSA) is 142 Å². The summed E-state index contributed by atoms with van der Waals surface area (Å²) in [7, 11) is 0. The predicted octanol–water partition coefficient (Wildman–Crippen LogP) is 5.08. The second-order valence-corrected chi connectivity index (χ2v) is 7.35. The Bertz CT molecular complexity index is 1170. The number of hydrazone groups is 1. The van der Waals surface area contributed by atoms with Crippen molar-refractivity contribution in [1.82, 2.24) is 4.98 Å². The van der Waals surface area contributed by atoms with Gasteiger partial charge in [-0.15, -0.1) is 0 Å². The van der Waals surface area contributed by atoms with E-state index in [9.17, 15) is 20.2 Å². The number of nitro groups is 2. The number of pyridine rings is 1. The molecule has 1 heterocycles. The van der Waals surface area contributed by atoms with Crippen LogP contribution < -0.4 is 14.9 Å². The molecule has 0 radical (unpaired) electrons. The molecule has 0 atom stereocenters. The van der Waals surface area contributed by atoms with E-state index in [4.69, 9.17) is 9.47 Å². The van der Waals surface area contributed by atoms with Crippen molar-refractivity contribution in [2.45, 2.75) is 13.5 Å². The largest absolute Gasteiger partial charge is 0.490 e. The Labute approximate surface area is 196 Å². The molecule has 0 saturated carbocycles. The first-order valence-corrected chi connectivity index (χ1v) is 10.4. The van der Waals surface area contributed by atoms with Gasteiger partial charge in [-0.05, 0) is 58.7 Å². The minimum Gasteiger partial charge on any atom is -0.490 e. The molecule has 3 rings (SSSR count). The van der Waals surface area contributed by atoms with Gasteiger partial charge in [-0.1, -0.05) is 0 Å². The molecule has 0 aliphatic rings. The van der Waals surface area contributed by atoms with E-state index in [1.807, 2.05) is 6.92 Å². The van der Waals surface area contributed by atoms with Crippen molar-refractivity contribution in [2.75, 3.05) is 12.0 Å². The number of nitro benzene ring substituents is 1. The summed E-state index contributed by atoms with van der Waals surface area (Å²) in [6, 6.07) is 12.4. The second kappa shape index (κ2) is 11.0. The van der Waals surface area contributed by atoms with Crippen molar-refractivity contribution in [3.63, 3.8) is 0 Å². The first kappa shape index (κ1) is 23.6. The van der Waals surface area contributed by atoms with Crippen LogP contribution in [-0.2, 0) is 6.61 Å². The summed E-state index contributed by atoms with van der Waals surface area (Å²) in [5, 5.41) is 25.6. The number of aromatic nitrogens is 1. The highest BCUT2D eigenvalue weighted by Crippen LogP contribution is 2.34. The number of nitrogens with one attached hydrogen (secondary N) is 1. The zero-order chi connectivity index (χ0) is 23.8. The Morgan fingerprint density at radius 2 is 1.70 bits per heavy atom. The Morgan fingerprint density at radius 1 is 1.03 bits per heavy atom. The monoisotopic (exact) mass is 515 g/mol. The molecule has 0 spiro atoms. The summed E-state index contributed by atoms with van der Waals surface area (Å²) in [6.07, 6.45) is 2.67. The number of anilines is 1. The minimum atomic E-state index is -0.530. The van der Waals surface area contributed by atoms with Gasteiger partial charge < -0.3 is 9.47 Å². The number of ether oxygens (including phenoxy) is 2. The maximum Gasteiger partial charge on any atom is 0.287 e. The third kappa shape index (κ3) is 6.46. The zero-order valence-electron chi connectivity index (χ0n) is 17.3. The van der Waals surface area contributed by atoms with E-state index in [2.05, 4.69) is 31.4 Å². The van der Waals surface area contributed by atoms with Gasteiger partial charge in [0.05, 0.1) is 22.7 Å². The molecule has 0 amide bonds. The molecular weight excluding hydrogens is 498 g/mol. The van der Waals surface area contributed by atoms with Crippen molar-refractivity contribution in [3.8, 4) is 11.5 Å². The smallest absolute Gasteiger partial charge is 0.287 e. The molecule has 0 bridgehead atoms. The number of halogens is 1. The van der Waals surface area contributed by atoms with E-state index in [-0.39, 0.29) is 18.0 Å². The molecule has 2 aromatic carbocycles. The molecular formula is C21H18BrN5O6. The predicted molar refractivity (Wildman–Crippen MR) is 125 cm³/mol. The summed E-state index contributed by atoms with van der Waals surface area (Å²) in [5.41, 5.74) is 4.06. The zero-order valence-corrected chi connectivity index (χ0v) is 18.9. The third-order valence-corrected chi connectivity index (χ3v) is 4.93. The van der Waals surface area contributed by atoms with E-state index in [0.717, 1.165) is 11.8 Å². The highest BCUT2D eigenvalue weighted by atomic mass is 79.9. The summed E-state index contributed by atoms with van der Waals surface area (Å²) in [5.74, 6) is 1.34. The highest BCUT2D eigenvalue weighted by Gasteiger charge is 2.11. The molecule has 1 N–H and O–H groups in total. The molecule has 12 heteroatoms. The van der Waals surface area contributed by atoms with Crippen molar-refractivity contribution in [2.24, 2.45) is 5.10 Å². The number of benzene rings is 2. The Morgan fingerprint density at radius 3 is 2.30 bits per heavy atom. The van der Waals surface area contributed by atoms with E-state index in [0.29, 0.717) is 34.0 Å². The number of rotatable bonds is 10. The van der Waals surface area contributed by atoms with Gasteiger partial charge in [0.15, 0.2) is 11.5 Å². The molecule has 3 aromatic rings. The molecule has 170 valence electrons. The van der Waals surface area contributed by atoms with Crippen LogP contribution in [0.15, 0.2) is 64.3 Å². The van der Waals surface area contributed by atoms with Crippen LogP contribution in [0.5, 0.6) is 11.5 Å². The van der Waals surface area contributed by atoms with Crippen LogP contribution in [0.25, 0.3) is 0 Å². The van der Waals surface area contributed by atoms with Crippen molar-refractivity contribution in [3.05, 3.63) is 90.6 Å². The average molecular weight is 516 g/mol. The molecule has 0 aliphatic heterocycles. The molecule has 33 heavy (non-hydrogen) atoms. The minimum absolute atomic E-state index is 0.0117. The van der Waals surface area contributed by atoms with Gasteiger partial charge in [-0.2, -0.15) is 5.10 Å². The Balaban J connectivity index is 1.70. The molecule has 0 fully saturated rings. The number of hydrogen-bond acceptors (Lipinski definition) is 9. The van der Waals surface area contributed by atoms with Crippen molar-refractivity contribution in [1.29, 1.82) is 0 Å². The summed E-state index contributed by atoms with van der Waals surface area (Å²) >= 11 is 3.48. The number of nitrogens with zero attached hydrogens (tertiary/aromatic N) is 4. The molecule has 1 aromatic heterocycles. The van der Waals surface area contributed by atoms with Gasteiger partial charge in [0, 0.05) is 28.2 Å². The highest BCUT2D eigenvalue weighted by molar-refractivity contribution is 9.10. The molecule has 0 saturated heterocycles. The maximum atomic E-state index is 10.8. The van der Waals surface area contributed by atoms with E-state index in [1.165, 1.54) is 30.5 Å². The lowest BCUT2D eigenvalue weighted by Gasteiger charge is -2.14. The molecule has 0 aliphatic carbocycles. The number of non-ortho nitro benzene ring substituents is 1. The third-order valence-electron chi connectivity index (χ3n) is 4.25. The maximum absolute atomic E-state index is 10.8. The average Bonchev–Trinajstić information content (AvgIpc) is 2.80. The number of hydrogen-bond donors (Lipinski definition) is 1. The fourth-order valence-electron chi connectivity index (χ4n) is 2.63. The fourth-order valence-corrected chi connectivity index (χ4v) is 3.06. The lowest BCUT2D eigenvalue weighted by Crippen LogP contribution is -2.02. The molecule has 11 nitrogen and oxygen atoms in total. The lowest BCUT2D eigenvalue weighted by atomic mass is 10.2. The molecule has 0 unspecified atom stereocenters. The van der Waals surface area contributed by atoms with Crippen LogP contribution in [0.4, 0.5) is 17.2 Å². The normalized spacial score (nSPS) is 10.7. The van der Waals surface area contributed by atoms with Gasteiger partial charge in [-0.25, -0.2) is 4.98 Å². The van der Waals surface area contributed by atoms with Gasteiger partial charge >= 0.3 is 0 Å². The summed E-state index contributed by atoms with van der Waals surface area (Å²) in [4.78, 5) is 24.4. The van der Waals surface area contributed by atoms with Crippen LogP contribution >= 0.6 is 15.9 Å². The van der Waals surface area contributed by atoms with Gasteiger partial charge in [0.1, 0.15) is 18.6 Å². The SMILES string of the molecule is CCOc1cc(/C=N/Nc2ccc([N+](=O)[O-])cn2)c(Br)cc1OCc1ccc([N+](=O)[O-])cc1. The van der Waals surface area contributed by atoms with Crippen LogP contribution in [0.3, 0.4) is 0 Å². The van der Waals surface area contributed by atoms with Crippen LogP contribution in [0, 0.1) is 20.2 Å². The first-order chi connectivity index (χ1) is 15.9. The standard InChI is InChI=1S/C21H18BrN5O6/c1-2-32-19-9-15(11-24-25-21-8-7-17(12-23-21)27(30)31)18(22)10-20(19)33-13-14-3-5-16(6-4-14)26(28)29/h3-12H,2,13H2,1H3,(H,23,25)/b24-11+. The van der Waals surface area contributed by atoms with Crippen LogP contribution in [0.2, 0.25) is 0 Å². The Hall–Kier alpha value is -4.06. The van der Waals surface area contributed by atoms with E-state index in [1.54, 1.807) is 24.3 Å². The fraction of sp³-hybridized carbons (Fsp3) is 0.143. The van der Waals surface area contributed by atoms with Crippen LogP contribution in [-0.4, -0.2) is 27.7 Å². The second-order valence-electron chi connectivity index (χ2n) is 6.49. The van der Waals surface area contributed by atoms with Crippen molar-refractivity contribution < 1.29 is 19.3 Å². The lowest BCUT2D eigenvalue weighted by molar-refractivity contribution is -0.385. The van der Waals surface area contributed by atoms with Gasteiger partial charge in [0.2, 0.25) is 0 Å². The van der Waals surface area contributed by atoms with Crippen LogP contribution in [0.1, 0.15) is 18.1 Å². The first-order valence-electron chi connectivity index (χ1n) is 9.59. The van der Waals surface area contributed by atoms with Gasteiger partial charge in [-0.3, -0.25) is 25.7 Å². The van der Waals surface area contributed by atoms with E-state index < -0.39 is 9.85 Å². The van der Waals surface area contributed by atoms with Crippen molar-refractivity contribution >= 4 is 39.3 Å². The summed E-state index contributed by atoms with van der Waals surface area (Å²) < 4.78 is 12.2. The van der Waals surface area contributed by atoms with Gasteiger partial charge in [0.25, 0.3) is 11.4 Å².